The first-order chi connectivity index (χ1) is 10.2. The lowest BCUT2D eigenvalue weighted by atomic mass is 10.0. The number of benzene rings is 2. The molecule has 1 aromatic heterocycles. The van der Waals surface area contributed by atoms with Crippen molar-refractivity contribution in [3.63, 3.8) is 0 Å². The Bertz CT molecular complexity index is 766. The predicted molar refractivity (Wildman–Crippen MR) is 96.0 cm³/mol. The minimum Gasteiger partial charge on any atom is -0.497 e. The quantitative estimate of drug-likeness (QED) is 0.468. The van der Waals surface area contributed by atoms with Crippen LogP contribution < -0.4 is 9.47 Å². The summed E-state index contributed by atoms with van der Waals surface area (Å²) in [5, 5.41) is 5.54. The minimum atomic E-state index is 0.584. The molecule has 0 aliphatic carbocycles. The van der Waals surface area contributed by atoms with Gasteiger partial charge in [0, 0.05) is 11.5 Å². The van der Waals surface area contributed by atoms with Crippen LogP contribution >= 0.6 is 28.4 Å². The summed E-state index contributed by atoms with van der Waals surface area (Å²) in [6, 6.07) is 12.2. The Hall–Kier alpha value is -1.33. The lowest BCUT2D eigenvalue weighted by Crippen LogP contribution is -1.89. The highest BCUT2D eigenvalue weighted by Crippen LogP contribution is 2.33. The maximum atomic E-state index is 5.34. The Kier molecular flexibility index (Phi) is 4.31. The maximum absolute atomic E-state index is 5.34. The fourth-order valence-electron chi connectivity index (χ4n) is 2.24. The third-order valence-electron chi connectivity index (χ3n) is 3.34. The van der Waals surface area contributed by atoms with Gasteiger partial charge in [0.05, 0.1) is 32.3 Å². The van der Waals surface area contributed by atoms with Crippen LogP contribution in [0, 0.1) is 0 Å². The Morgan fingerprint density at radius 1 is 1.00 bits per heavy atom. The second-order valence-electron chi connectivity index (χ2n) is 4.52. The number of aromatic nitrogens is 2. The third kappa shape index (κ3) is 2.85. The van der Waals surface area contributed by atoms with Crippen LogP contribution in [0.2, 0.25) is 0 Å². The van der Waals surface area contributed by atoms with Crippen LogP contribution in [-0.2, 0) is 0 Å². The SMILES string of the molecule is COc1cc(OC)cc(-c2ccc3cnn(PI)c3c2)c1. The van der Waals surface area contributed by atoms with Gasteiger partial charge in [-0.3, -0.25) is 0 Å². The zero-order valence-corrected chi connectivity index (χ0v) is 14.8. The molecule has 108 valence electrons. The number of ether oxygens (including phenoxy) is 2. The fraction of sp³-hybridized carbons (Fsp3) is 0.133. The van der Waals surface area contributed by atoms with Gasteiger partial charge >= 0.3 is 0 Å². The largest absolute Gasteiger partial charge is 0.497 e. The van der Waals surface area contributed by atoms with Gasteiger partial charge in [-0.15, -0.1) is 0 Å². The molecule has 3 rings (SSSR count). The highest BCUT2D eigenvalue weighted by Gasteiger charge is 2.07. The Balaban J connectivity index is 2.15. The molecule has 0 fully saturated rings. The smallest absolute Gasteiger partial charge is 0.123 e. The van der Waals surface area contributed by atoms with Gasteiger partial charge in [0.15, 0.2) is 0 Å². The molecule has 4 nitrogen and oxygen atoms in total. The number of methoxy groups -OCH3 is 2. The van der Waals surface area contributed by atoms with Gasteiger partial charge in [-0.05, 0) is 51.4 Å². The molecule has 1 unspecified atom stereocenters. The van der Waals surface area contributed by atoms with E-state index >= 15 is 0 Å². The van der Waals surface area contributed by atoms with Crippen LogP contribution in [0.15, 0.2) is 42.6 Å². The van der Waals surface area contributed by atoms with Gasteiger partial charge < -0.3 is 9.47 Å². The summed E-state index contributed by atoms with van der Waals surface area (Å²) in [5.74, 6) is 1.57. The average molecular weight is 412 g/mol. The summed E-state index contributed by atoms with van der Waals surface area (Å²) >= 11 is 2.34. The summed E-state index contributed by atoms with van der Waals surface area (Å²) in [4.78, 5) is 0. The molecule has 0 bridgehead atoms. The lowest BCUT2D eigenvalue weighted by Gasteiger charge is -2.09. The molecule has 0 spiro atoms. The van der Waals surface area contributed by atoms with Crippen molar-refractivity contribution >= 4 is 39.3 Å². The molecule has 3 aromatic rings. The number of rotatable bonds is 4. The highest BCUT2D eigenvalue weighted by atomic mass is 127. The van der Waals surface area contributed by atoms with Crippen molar-refractivity contribution in [3.8, 4) is 22.6 Å². The van der Waals surface area contributed by atoms with Crippen molar-refractivity contribution in [3.05, 3.63) is 42.6 Å². The van der Waals surface area contributed by atoms with Gasteiger partial charge in [-0.25, -0.2) is 4.45 Å². The molecule has 6 heteroatoms. The number of fused-ring (bicyclic) bond motifs is 1. The predicted octanol–water partition coefficient (Wildman–Crippen LogP) is 4.51. The van der Waals surface area contributed by atoms with Crippen LogP contribution in [-0.4, -0.2) is 23.8 Å². The maximum Gasteiger partial charge on any atom is 0.123 e. The van der Waals surface area contributed by atoms with E-state index in [0.717, 1.165) is 33.5 Å². The van der Waals surface area contributed by atoms with E-state index in [1.807, 2.05) is 28.8 Å². The Morgan fingerprint density at radius 3 is 2.33 bits per heavy atom. The molecule has 1 heterocycles. The molecule has 0 aliphatic rings. The van der Waals surface area contributed by atoms with Crippen molar-refractivity contribution in [2.24, 2.45) is 0 Å². The fourth-order valence-corrected chi connectivity index (χ4v) is 3.78. The van der Waals surface area contributed by atoms with Crippen molar-refractivity contribution in [1.82, 2.24) is 9.55 Å². The van der Waals surface area contributed by atoms with Crippen LogP contribution in [0.5, 0.6) is 11.5 Å². The molecule has 0 saturated heterocycles. The third-order valence-corrected chi connectivity index (χ3v) is 5.22. The Morgan fingerprint density at radius 2 is 1.71 bits per heavy atom. The van der Waals surface area contributed by atoms with Gasteiger partial charge in [-0.2, -0.15) is 5.10 Å². The minimum absolute atomic E-state index is 0.584. The lowest BCUT2D eigenvalue weighted by molar-refractivity contribution is 0.394. The molecule has 21 heavy (non-hydrogen) atoms. The number of hydrogen-bond donors (Lipinski definition) is 0. The molecule has 0 aliphatic heterocycles. The highest BCUT2D eigenvalue weighted by molar-refractivity contribution is 14.2. The van der Waals surface area contributed by atoms with E-state index in [-0.39, 0.29) is 0 Å². The standard InChI is InChI=1S/C15H14IN2O2P/c1-19-13-5-12(6-14(8-13)20-2)10-3-4-11-9-17-18(21-16)15(11)7-10/h3-9,21H,1-2H3. The van der Waals surface area contributed by atoms with E-state index in [1.54, 1.807) is 14.2 Å². The van der Waals surface area contributed by atoms with Gasteiger partial charge in [-0.1, -0.05) is 12.1 Å². The molecule has 0 saturated carbocycles. The van der Waals surface area contributed by atoms with E-state index in [4.69, 9.17) is 9.47 Å². The first-order valence-corrected chi connectivity index (χ1v) is 10.4. The summed E-state index contributed by atoms with van der Waals surface area (Å²) in [6.07, 6.45) is 2.48. The Labute approximate surface area is 137 Å². The average Bonchev–Trinajstić information content (AvgIpc) is 2.96. The molecule has 1 atom stereocenters. The van der Waals surface area contributed by atoms with Gasteiger partial charge in [0.1, 0.15) is 11.5 Å². The van der Waals surface area contributed by atoms with Crippen LogP contribution in [0.25, 0.3) is 22.0 Å². The molecule has 0 radical (unpaired) electrons. The first-order valence-electron chi connectivity index (χ1n) is 6.33. The summed E-state index contributed by atoms with van der Waals surface area (Å²) < 4.78 is 12.7. The van der Waals surface area contributed by atoms with Gasteiger partial charge in [0.25, 0.3) is 0 Å². The number of nitrogens with zero attached hydrogens (tertiary/aromatic N) is 2. The van der Waals surface area contributed by atoms with Crippen molar-refractivity contribution in [2.45, 2.75) is 0 Å². The zero-order chi connectivity index (χ0) is 14.8. The van der Waals surface area contributed by atoms with E-state index in [2.05, 4.69) is 45.3 Å². The summed E-state index contributed by atoms with van der Waals surface area (Å²) in [6.45, 7) is 0. The molecule has 2 aromatic carbocycles. The summed E-state index contributed by atoms with van der Waals surface area (Å²) in [5.41, 5.74) is 3.33. The van der Waals surface area contributed by atoms with Crippen LogP contribution in [0.1, 0.15) is 0 Å². The monoisotopic (exact) mass is 412 g/mol. The van der Waals surface area contributed by atoms with Gasteiger partial charge in [0.2, 0.25) is 0 Å². The van der Waals surface area contributed by atoms with E-state index in [0.29, 0.717) is 6.37 Å². The first kappa shape index (κ1) is 14.6. The van der Waals surface area contributed by atoms with Crippen molar-refractivity contribution in [1.29, 1.82) is 0 Å². The molecule has 0 N–H and O–H groups in total. The molecular formula is C15H14IN2O2P. The van der Waals surface area contributed by atoms with E-state index in [9.17, 15) is 0 Å². The number of hydrogen-bond acceptors (Lipinski definition) is 3. The van der Waals surface area contributed by atoms with E-state index in [1.165, 1.54) is 0 Å². The number of halogens is 1. The molecule has 0 amide bonds. The zero-order valence-electron chi connectivity index (χ0n) is 11.6. The normalized spacial score (nSPS) is 11.4. The van der Waals surface area contributed by atoms with E-state index < -0.39 is 0 Å². The van der Waals surface area contributed by atoms with Crippen LogP contribution in [0.3, 0.4) is 0 Å². The summed E-state index contributed by atoms with van der Waals surface area (Å²) in [7, 11) is 3.32. The second kappa shape index (κ2) is 6.20. The second-order valence-corrected chi connectivity index (χ2v) is 6.56. The van der Waals surface area contributed by atoms with Crippen molar-refractivity contribution < 1.29 is 9.47 Å². The van der Waals surface area contributed by atoms with Crippen LogP contribution in [0.4, 0.5) is 0 Å². The molecular weight excluding hydrogens is 398 g/mol. The van der Waals surface area contributed by atoms with Crippen molar-refractivity contribution in [2.75, 3.05) is 14.2 Å². The topological polar surface area (TPSA) is 36.3 Å².